The third-order valence-corrected chi connectivity index (χ3v) is 25.9. The first-order chi connectivity index (χ1) is 22.7. The maximum absolute atomic E-state index is 3.88. The number of hydrogen-bond acceptors (Lipinski definition) is 2. The Hall–Kier alpha value is 0.434. The van der Waals surface area contributed by atoms with Crippen LogP contribution >= 0.6 is 17.2 Å². The summed E-state index contributed by atoms with van der Waals surface area (Å²) in [5.74, 6) is 7.85. The van der Waals surface area contributed by atoms with Crippen LogP contribution in [0.2, 0.25) is 39.3 Å². The molecule has 2 heterocycles. The standard InChI is InChI=1S/C42H70N2P2Si2/c1-47(2,3)38-17-34(37(18-39(38)48(4,5)6)42(45,35-7-9-43-25-35)36-8-10-44-26-36)27-46(40-19-28-11-29(20-40)13-30(12-28)21-40)41-22-31-14-32(23-41)16-33(15-31)24-41/h17-18,28-33,35-36,43-44H,7-16,19-27,45H2,1-6H3. The number of rotatable bonds is 9. The van der Waals surface area contributed by atoms with Crippen molar-refractivity contribution in [2.45, 2.75) is 151 Å². The molecular weight excluding hydrogens is 651 g/mol. The third-order valence-electron chi connectivity index (χ3n) is 16.3. The minimum atomic E-state index is -1.55. The number of benzene rings is 1. The first kappa shape index (κ1) is 34.2. The van der Waals surface area contributed by atoms with Crippen molar-refractivity contribution in [3.63, 3.8) is 0 Å². The molecular formula is C42H70N2P2Si2. The molecule has 10 aliphatic rings. The summed E-state index contributed by atoms with van der Waals surface area (Å²) >= 11 is 0. The first-order valence-electron chi connectivity index (χ1n) is 20.9. The lowest BCUT2D eigenvalue weighted by atomic mass is 9.55. The summed E-state index contributed by atoms with van der Waals surface area (Å²) < 4.78 is 0. The van der Waals surface area contributed by atoms with Crippen molar-refractivity contribution in [3.8, 4) is 0 Å². The normalized spacial score (nSPS) is 43.6. The molecule has 8 saturated carbocycles. The summed E-state index contributed by atoms with van der Waals surface area (Å²) in [4.78, 5) is 0. The summed E-state index contributed by atoms with van der Waals surface area (Å²) in [5, 5.41) is 13.0. The van der Waals surface area contributed by atoms with E-state index in [-0.39, 0.29) is 13.1 Å². The highest BCUT2D eigenvalue weighted by Gasteiger charge is 2.63. The molecule has 2 nitrogen and oxygen atoms in total. The topological polar surface area (TPSA) is 24.1 Å². The Morgan fingerprint density at radius 3 is 1.35 bits per heavy atom. The predicted molar refractivity (Wildman–Crippen MR) is 218 cm³/mol. The predicted octanol–water partition coefficient (Wildman–Crippen LogP) is 8.99. The van der Waals surface area contributed by atoms with Crippen molar-refractivity contribution < 1.29 is 0 Å². The van der Waals surface area contributed by atoms with Crippen LogP contribution in [0.4, 0.5) is 0 Å². The fourth-order valence-electron chi connectivity index (χ4n) is 15.1. The lowest BCUT2D eigenvalue weighted by molar-refractivity contribution is 0.0184. The summed E-state index contributed by atoms with van der Waals surface area (Å²) in [6.45, 7) is 20.8. The van der Waals surface area contributed by atoms with Gasteiger partial charge in [-0.25, -0.2) is 0 Å². The molecule has 2 saturated heterocycles. The Kier molecular flexibility index (Phi) is 8.53. The Morgan fingerprint density at radius 1 is 0.646 bits per heavy atom. The van der Waals surface area contributed by atoms with Crippen LogP contribution < -0.4 is 21.0 Å². The zero-order valence-corrected chi connectivity index (χ0v) is 35.8. The third kappa shape index (κ3) is 5.63. The van der Waals surface area contributed by atoms with Crippen LogP contribution in [-0.2, 0) is 11.3 Å². The molecule has 2 aliphatic heterocycles. The van der Waals surface area contributed by atoms with Crippen molar-refractivity contribution in [2.24, 2.45) is 47.3 Å². The second-order valence-corrected chi connectivity index (χ2v) is 35.8. The molecule has 48 heavy (non-hydrogen) atoms. The van der Waals surface area contributed by atoms with Gasteiger partial charge in [-0.1, -0.05) is 69.7 Å². The zero-order valence-electron chi connectivity index (χ0n) is 31.7. The Balaban J connectivity index is 1.24. The van der Waals surface area contributed by atoms with Gasteiger partial charge in [0.15, 0.2) is 0 Å². The molecule has 266 valence electrons. The van der Waals surface area contributed by atoms with E-state index in [0.717, 1.165) is 47.3 Å². The van der Waals surface area contributed by atoms with Crippen LogP contribution in [0.1, 0.15) is 101 Å². The van der Waals surface area contributed by atoms with Crippen molar-refractivity contribution in [1.29, 1.82) is 0 Å². The number of hydrogen-bond donors (Lipinski definition) is 2. The van der Waals surface area contributed by atoms with Gasteiger partial charge in [0.2, 0.25) is 0 Å². The van der Waals surface area contributed by atoms with Crippen molar-refractivity contribution in [2.75, 3.05) is 26.2 Å². The van der Waals surface area contributed by atoms with Gasteiger partial charge < -0.3 is 10.6 Å². The van der Waals surface area contributed by atoms with Gasteiger partial charge in [-0.3, -0.25) is 0 Å². The summed E-state index contributed by atoms with van der Waals surface area (Å²) in [7, 11) is 0.540. The maximum atomic E-state index is 3.88. The Morgan fingerprint density at radius 2 is 1.02 bits per heavy atom. The highest BCUT2D eigenvalue weighted by atomic mass is 31.1. The fourth-order valence-corrected chi connectivity index (χ4v) is 26.3. The average Bonchev–Trinajstić information content (AvgIpc) is 3.73. The Bertz CT molecular complexity index is 1270. The van der Waals surface area contributed by atoms with E-state index in [1.807, 2.05) is 21.5 Å². The van der Waals surface area contributed by atoms with Gasteiger partial charge >= 0.3 is 0 Å². The van der Waals surface area contributed by atoms with E-state index in [1.165, 1.54) is 45.2 Å². The largest absolute Gasteiger partial charge is 0.316 e. The van der Waals surface area contributed by atoms with Crippen LogP contribution in [0.5, 0.6) is 0 Å². The zero-order chi connectivity index (χ0) is 33.3. The Labute approximate surface area is 300 Å². The molecule has 1 aromatic rings. The monoisotopic (exact) mass is 720 g/mol. The van der Waals surface area contributed by atoms with E-state index in [0.29, 0.717) is 10.3 Å². The molecule has 11 rings (SSSR count). The van der Waals surface area contributed by atoms with Crippen LogP contribution in [0.15, 0.2) is 12.1 Å². The fraction of sp³-hybridized carbons (Fsp3) is 0.857. The van der Waals surface area contributed by atoms with Crippen molar-refractivity contribution in [3.05, 3.63) is 23.3 Å². The lowest BCUT2D eigenvalue weighted by Crippen LogP contribution is -2.58. The van der Waals surface area contributed by atoms with Crippen LogP contribution in [0.25, 0.3) is 0 Å². The smallest absolute Gasteiger partial charge is 0.0774 e. The molecule has 0 amide bonds. The molecule has 2 N–H and O–H groups in total. The van der Waals surface area contributed by atoms with E-state index in [4.69, 9.17) is 0 Å². The molecule has 3 atom stereocenters. The highest BCUT2D eigenvalue weighted by molar-refractivity contribution is 7.60. The van der Waals surface area contributed by atoms with Gasteiger partial charge in [0, 0.05) is 5.16 Å². The maximum Gasteiger partial charge on any atom is 0.0774 e. The van der Waals surface area contributed by atoms with Crippen LogP contribution in [0, 0.1) is 47.3 Å². The van der Waals surface area contributed by atoms with Crippen molar-refractivity contribution >= 4 is 43.7 Å². The second-order valence-electron chi connectivity index (χ2n) is 21.7. The molecule has 6 heteroatoms. The van der Waals surface area contributed by atoms with Gasteiger partial charge in [0.25, 0.3) is 0 Å². The molecule has 8 bridgehead atoms. The van der Waals surface area contributed by atoms with Crippen molar-refractivity contribution in [1.82, 2.24) is 10.6 Å². The molecule has 0 spiro atoms. The lowest BCUT2D eigenvalue weighted by Gasteiger charge is -2.67. The van der Waals surface area contributed by atoms with Gasteiger partial charge in [-0.15, -0.1) is 9.24 Å². The number of nitrogens with one attached hydrogen (secondary N) is 2. The minimum Gasteiger partial charge on any atom is -0.316 e. The van der Waals surface area contributed by atoms with Gasteiger partial charge in [0.1, 0.15) is 0 Å². The van der Waals surface area contributed by atoms with Crippen LogP contribution in [0.3, 0.4) is 0 Å². The van der Waals surface area contributed by atoms with E-state index in [9.17, 15) is 0 Å². The van der Waals surface area contributed by atoms with Gasteiger partial charge in [-0.05, 0) is 191 Å². The quantitative estimate of drug-likeness (QED) is 0.197. The first-order valence-corrected chi connectivity index (χ1v) is 30.0. The summed E-state index contributed by atoms with van der Waals surface area (Å²) in [5.41, 5.74) is 3.73. The van der Waals surface area contributed by atoms with E-state index in [2.05, 4.69) is 71.3 Å². The minimum absolute atomic E-state index is 0.0726. The van der Waals surface area contributed by atoms with E-state index >= 15 is 0 Å². The highest BCUT2D eigenvalue weighted by Crippen LogP contribution is 2.80. The van der Waals surface area contributed by atoms with Gasteiger partial charge in [-0.2, -0.15) is 0 Å². The summed E-state index contributed by atoms with van der Waals surface area (Å²) in [6.07, 6.45) is 23.5. The van der Waals surface area contributed by atoms with Gasteiger partial charge in [0.05, 0.1) is 16.1 Å². The van der Waals surface area contributed by atoms with E-state index in [1.54, 1.807) is 77.0 Å². The second kappa shape index (κ2) is 12.0. The average molecular weight is 721 g/mol. The molecule has 0 aromatic heterocycles. The summed E-state index contributed by atoms with van der Waals surface area (Å²) in [6, 6.07) is 5.96. The van der Waals surface area contributed by atoms with Crippen LogP contribution in [-0.4, -0.2) is 52.6 Å². The molecule has 8 aliphatic carbocycles. The molecule has 10 fully saturated rings. The molecule has 0 radical (unpaired) electrons. The SMILES string of the molecule is C[Si](C)(C)c1cc(CP(C23CC4CC(CC(C4)C2)C3)C23CC4CC(CC(C4)C2)C3)c(C(P)(C2CCNC2)C2CCNC2)cc1[Si](C)(C)C. The molecule has 3 unspecified atom stereocenters. The molecule has 1 aromatic carbocycles. The van der Waals surface area contributed by atoms with E-state index < -0.39 is 16.1 Å².